The maximum Gasteiger partial charge on any atom is 0.219 e. The van der Waals surface area contributed by atoms with Gasteiger partial charge in [0.2, 0.25) is 5.78 Å². The number of allylic oxidation sites excluding steroid dienone is 1. The summed E-state index contributed by atoms with van der Waals surface area (Å²) in [5.74, 6) is -0.980. The molecule has 0 bridgehead atoms. The molecular weight excluding hydrogens is 204 g/mol. The fraction of sp³-hybridized carbons (Fsp3) is 0.154. The van der Waals surface area contributed by atoms with E-state index in [4.69, 9.17) is 10.2 Å². The molecule has 0 aliphatic heterocycles. The highest BCUT2D eigenvalue weighted by atomic mass is 16.3. The third-order valence-corrected chi connectivity index (χ3v) is 2.22. The minimum atomic E-state index is -0.509. The molecule has 0 saturated heterocycles. The lowest BCUT2D eigenvalue weighted by atomic mass is 10.0. The van der Waals surface area contributed by atoms with Crippen molar-refractivity contribution in [3.8, 4) is 0 Å². The molecule has 0 spiro atoms. The lowest BCUT2D eigenvalue weighted by Crippen LogP contribution is -1.95. The van der Waals surface area contributed by atoms with E-state index in [1.807, 2.05) is 19.1 Å². The van der Waals surface area contributed by atoms with Gasteiger partial charge in [0, 0.05) is 0 Å². The van der Waals surface area contributed by atoms with Crippen LogP contribution in [-0.2, 0) is 11.4 Å². The van der Waals surface area contributed by atoms with Gasteiger partial charge in [-0.3, -0.25) is 4.79 Å². The predicted molar refractivity (Wildman–Crippen MR) is 62.9 cm³/mol. The Morgan fingerprint density at radius 1 is 1.50 bits per heavy atom. The van der Waals surface area contributed by atoms with Gasteiger partial charge in [-0.1, -0.05) is 30.9 Å². The Kier molecular flexibility index (Phi) is 4.03. The van der Waals surface area contributed by atoms with Crippen molar-refractivity contribution in [3.63, 3.8) is 0 Å². The SMILES string of the molecule is C=C(O)C(=O)/C=C/c1ccc(CO)cc1C. The number of carbonyl (C=O) groups excluding carboxylic acids is 1. The van der Waals surface area contributed by atoms with Crippen molar-refractivity contribution in [3.05, 3.63) is 53.3 Å². The van der Waals surface area contributed by atoms with E-state index < -0.39 is 11.5 Å². The van der Waals surface area contributed by atoms with Gasteiger partial charge in [-0.15, -0.1) is 0 Å². The van der Waals surface area contributed by atoms with Gasteiger partial charge in [-0.05, 0) is 29.7 Å². The van der Waals surface area contributed by atoms with Crippen molar-refractivity contribution >= 4 is 11.9 Å². The van der Waals surface area contributed by atoms with Gasteiger partial charge in [0.25, 0.3) is 0 Å². The minimum Gasteiger partial charge on any atom is -0.505 e. The Morgan fingerprint density at radius 2 is 2.19 bits per heavy atom. The van der Waals surface area contributed by atoms with Crippen LogP contribution in [0, 0.1) is 6.92 Å². The minimum absolute atomic E-state index is 0.00277. The van der Waals surface area contributed by atoms with E-state index in [-0.39, 0.29) is 6.61 Å². The standard InChI is InChI=1S/C13H14O3/c1-9-7-11(8-14)3-4-12(9)5-6-13(16)10(2)15/h3-7,14-15H,2,8H2,1H3/b6-5+. The van der Waals surface area contributed by atoms with Gasteiger partial charge < -0.3 is 10.2 Å². The molecule has 84 valence electrons. The van der Waals surface area contributed by atoms with Crippen molar-refractivity contribution in [2.75, 3.05) is 0 Å². The first-order chi connectivity index (χ1) is 7.54. The number of aryl methyl sites for hydroxylation is 1. The molecule has 0 aliphatic carbocycles. The summed E-state index contributed by atoms with van der Waals surface area (Å²) in [6.07, 6.45) is 2.88. The van der Waals surface area contributed by atoms with Crippen LogP contribution in [0.5, 0.6) is 0 Å². The summed E-state index contributed by atoms with van der Waals surface area (Å²) in [5, 5.41) is 17.7. The molecule has 2 N–H and O–H groups in total. The summed E-state index contributed by atoms with van der Waals surface area (Å²) in [5.41, 5.74) is 2.65. The molecule has 0 unspecified atom stereocenters. The largest absolute Gasteiger partial charge is 0.505 e. The lowest BCUT2D eigenvalue weighted by Gasteiger charge is -2.02. The van der Waals surface area contributed by atoms with Crippen molar-refractivity contribution in [1.29, 1.82) is 0 Å². The molecule has 1 rings (SSSR count). The van der Waals surface area contributed by atoms with Gasteiger partial charge in [0.15, 0.2) is 5.76 Å². The molecule has 0 heterocycles. The Morgan fingerprint density at radius 3 is 2.69 bits per heavy atom. The second kappa shape index (κ2) is 5.28. The van der Waals surface area contributed by atoms with Gasteiger partial charge in [0.05, 0.1) is 6.61 Å². The van der Waals surface area contributed by atoms with E-state index in [2.05, 4.69) is 6.58 Å². The highest BCUT2D eigenvalue weighted by Gasteiger charge is 2.00. The molecule has 0 saturated carbocycles. The number of hydrogen-bond donors (Lipinski definition) is 2. The van der Waals surface area contributed by atoms with Gasteiger partial charge in [-0.25, -0.2) is 0 Å². The molecule has 3 nitrogen and oxygen atoms in total. The van der Waals surface area contributed by atoms with Crippen LogP contribution in [0.15, 0.2) is 36.6 Å². The molecule has 0 radical (unpaired) electrons. The average molecular weight is 218 g/mol. The van der Waals surface area contributed by atoms with Crippen LogP contribution in [0.2, 0.25) is 0 Å². The number of benzene rings is 1. The fourth-order valence-corrected chi connectivity index (χ4v) is 1.28. The summed E-state index contributed by atoms with van der Waals surface area (Å²) in [6, 6.07) is 5.44. The topological polar surface area (TPSA) is 57.5 Å². The van der Waals surface area contributed by atoms with Crippen molar-refractivity contribution in [2.24, 2.45) is 0 Å². The van der Waals surface area contributed by atoms with Crippen LogP contribution < -0.4 is 0 Å². The molecular formula is C13H14O3. The quantitative estimate of drug-likeness (QED) is 0.601. The summed E-state index contributed by atoms with van der Waals surface area (Å²) in [7, 11) is 0. The summed E-state index contributed by atoms with van der Waals surface area (Å²) in [4.78, 5) is 11.1. The van der Waals surface area contributed by atoms with E-state index in [1.54, 1.807) is 12.1 Å². The maximum atomic E-state index is 11.1. The first-order valence-electron chi connectivity index (χ1n) is 4.85. The highest BCUT2D eigenvalue weighted by Crippen LogP contribution is 2.13. The third-order valence-electron chi connectivity index (χ3n) is 2.22. The van der Waals surface area contributed by atoms with E-state index in [9.17, 15) is 4.79 Å². The van der Waals surface area contributed by atoms with Crippen LogP contribution in [-0.4, -0.2) is 16.0 Å². The smallest absolute Gasteiger partial charge is 0.219 e. The van der Waals surface area contributed by atoms with Crippen LogP contribution in [0.25, 0.3) is 6.08 Å². The first-order valence-corrected chi connectivity index (χ1v) is 4.85. The van der Waals surface area contributed by atoms with Gasteiger partial charge in [-0.2, -0.15) is 0 Å². The Labute approximate surface area is 94.4 Å². The van der Waals surface area contributed by atoms with Crippen molar-refractivity contribution in [2.45, 2.75) is 13.5 Å². The average Bonchev–Trinajstić information content (AvgIpc) is 2.26. The summed E-state index contributed by atoms with van der Waals surface area (Å²) < 4.78 is 0. The third kappa shape index (κ3) is 3.07. The molecule has 1 aromatic rings. The number of hydrogen-bond acceptors (Lipinski definition) is 3. The molecule has 0 amide bonds. The van der Waals surface area contributed by atoms with Gasteiger partial charge >= 0.3 is 0 Å². The fourth-order valence-electron chi connectivity index (χ4n) is 1.28. The number of carbonyl (C=O) groups is 1. The molecule has 3 heteroatoms. The van der Waals surface area contributed by atoms with Crippen molar-refractivity contribution < 1.29 is 15.0 Å². The molecule has 0 aliphatic rings. The monoisotopic (exact) mass is 218 g/mol. The Bertz CT molecular complexity index is 444. The zero-order valence-corrected chi connectivity index (χ0v) is 9.10. The van der Waals surface area contributed by atoms with Crippen LogP contribution in [0.4, 0.5) is 0 Å². The predicted octanol–water partition coefficient (Wildman–Crippen LogP) is 2.14. The zero-order chi connectivity index (χ0) is 12.1. The second-order valence-corrected chi connectivity index (χ2v) is 3.49. The lowest BCUT2D eigenvalue weighted by molar-refractivity contribution is -0.113. The number of rotatable bonds is 4. The molecule has 0 aromatic heterocycles. The van der Waals surface area contributed by atoms with E-state index in [1.165, 1.54) is 6.08 Å². The second-order valence-electron chi connectivity index (χ2n) is 3.49. The highest BCUT2D eigenvalue weighted by molar-refractivity contribution is 6.04. The molecule has 0 fully saturated rings. The van der Waals surface area contributed by atoms with Crippen molar-refractivity contribution in [1.82, 2.24) is 0 Å². The van der Waals surface area contributed by atoms with Crippen LogP contribution in [0.1, 0.15) is 16.7 Å². The van der Waals surface area contributed by atoms with Crippen LogP contribution in [0.3, 0.4) is 0 Å². The number of aliphatic hydroxyl groups is 2. The van der Waals surface area contributed by atoms with E-state index >= 15 is 0 Å². The maximum absolute atomic E-state index is 11.1. The normalized spacial score (nSPS) is 10.6. The molecule has 1 aromatic carbocycles. The number of ketones is 1. The zero-order valence-electron chi connectivity index (χ0n) is 9.10. The van der Waals surface area contributed by atoms with Gasteiger partial charge in [0.1, 0.15) is 0 Å². The summed E-state index contributed by atoms with van der Waals surface area (Å²) >= 11 is 0. The number of aliphatic hydroxyl groups excluding tert-OH is 2. The Balaban J connectivity index is 2.90. The first kappa shape index (κ1) is 12.2. The molecule has 16 heavy (non-hydrogen) atoms. The van der Waals surface area contributed by atoms with Crippen LogP contribution >= 0.6 is 0 Å². The summed E-state index contributed by atoms with van der Waals surface area (Å²) in [6.45, 7) is 5.02. The molecule has 0 atom stereocenters. The van der Waals surface area contributed by atoms with E-state index in [0.717, 1.165) is 16.7 Å². The van der Waals surface area contributed by atoms with E-state index in [0.29, 0.717) is 0 Å². The Hall–Kier alpha value is -1.87.